The van der Waals surface area contributed by atoms with Gasteiger partial charge in [0.1, 0.15) is 7.85 Å². The van der Waals surface area contributed by atoms with Crippen molar-refractivity contribution in [3.8, 4) is 0 Å². The molecule has 0 aromatic rings. The summed E-state index contributed by atoms with van der Waals surface area (Å²) < 4.78 is 5.36. The fourth-order valence-electron chi connectivity index (χ4n) is 0.587. The zero-order valence-corrected chi connectivity index (χ0v) is 6.77. The van der Waals surface area contributed by atoms with Gasteiger partial charge in [0, 0.05) is 6.00 Å². The number of ether oxygens (including phenoxy) is 1. The van der Waals surface area contributed by atoms with Gasteiger partial charge in [-0.3, -0.25) is 0 Å². The molecule has 0 amide bonds. The van der Waals surface area contributed by atoms with Crippen molar-refractivity contribution < 1.29 is 4.74 Å². The van der Waals surface area contributed by atoms with Crippen molar-refractivity contribution >= 4 is 7.85 Å². The molecule has 1 unspecified atom stereocenters. The van der Waals surface area contributed by atoms with E-state index in [2.05, 4.69) is 6.92 Å². The lowest BCUT2D eigenvalue weighted by Gasteiger charge is -2.26. The fourth-order valence-corrected chi connectivity index (χ4v) is 0.587. The van der Waals surface area contributed by atoms with Gasteiger partial charge in [-0.05, 0) is 27.2 Å². The average Bonchev–Trinajstić information content (AvgIpc) is 1.63. The van der Waals surface area contributed by atoms with E-state index in [1.165, 1.54) is 0 Å². The number of rotatable bonds is 3. The average molecular weight is 126 g/mol. The van der Waals surface area contributed by atoms with E-state index in [1.807, 2.05) is 20.8 Å². The van der Waals surface area contributed by atoms with Crippen molar-refractivity contribution in [2.45, 2.75) is 45.7 Å². The fraction of sp³-hybridized carbons (Fsp3) is 1.00. The molecule has 0 spiro atoms. The lowest BCUT2D eigenvalue weighted by atomic mass is 9.99. The first-order valence-corrected chi connectivity index (χ1v) is 3.41. The van der Waals surface area contributed by atoms with Gasteiger partial charge in [-0.1, -0.05) is 6.92 Å². The summed E-state index contributed by atoms with van der Waals surface area (Å²) >= 11 is 0. The maximum absolute atomic E-state index is 5.43. The topological polar surface area (TPSA) is 9.23 Å². The second kappa shape index (κ2) is 3.26. The van der Waals surface area contributed by atoms with Gasteiger partial charge in [0.05, 0.1) is 5.60 Å². The second-order valence-corrected chi connectivity index (χ2v) is 2.94. The van der Waals surface area contributed by atoms with Gasteiger partial charge >= 0.3 is 0 Å². The maximum Gasteiger partial charge on any atom is 0.108 e. The Bertz CT molecular complexity index is 79.0. The minimum absolute atomic E-state index is 0.0613. The molecule has 2 heteroatoms. The molecule has 1 nitrogen and oxygen atoms in total. The van der Waals surface area contributed by atoms with Crippen LogP contribution in [0.25, 0.3) is 0 Å². The summed E-state index contributed by atoms with van der Waals surface area (Å²) in [6.07, 6.45) is 0.995. The van der Waals surface area contributed by atoms with E-state index in [0.717, 1.165) is 6.42 Å². The zero-order valence-electron chi connectivity index (χ0n) is 6.77. The van der Waals surface area contributed by atoms with Gasteiger partial charge in [-0.2, -0.15) is 0 Å². The van der Waals surface area contributed by atoms with Gasteiger partial charge in [0.2, 0.25) is 0 Å². The molecule has 1 atom stereocenters. The molecule has 52 valence electrons. The Kier molecular flexibility index (Phi) is 3.27. The lowest BCUT2D eigenvalue weighted by Crippen LogP contribution is -2.28. The Balaban J connectivity index is 3.58. The molecular weight excluding hydrogens is 111 g/mol. The summed E-state index contributed by atoms with van der Waals surface area (Å²) in [4.78, 5) is 0. The highest BCUT2D eigenvalue weighted by Gasteiger charge is 2.15. The van der Waals surface area contributed by atoms with E-state index >= 15 is 0 Å². The summed E-state index contributed by atoms with van der Waals surface area (Å²) in [5.74, 6) is 0. The maximum atomic E-state index is 5.43. The first kappa shape index (κ1) is 9.02. The zero-order chi connectivity index (χ0) is 7.49. The van der Waals surface area contributed by atoms with Crippen molar-refractivity contribution in [3.05, 3.63) is 0 Å². The summed E-state index contributed by atoms with van der Waals surface area (Å²) in [6.45, 7) is 8.01. The predicted octanol–water partition coefficient (Wildman–Crippen LogP) is 1.71. The molecule has 0 rings (SSSR count). The Morgan fingerprint density at radius 1 is 1.56 bits per heavy atom. The molecule has 0 saturated carbocycles. The minimum atomic E-state index is -0.153. The van der Waals surface area contributed by atoms with E-state index in [4.69, 9.17) is 12.6 Å². The highest BCUT2D eigenvalue weighted by atomic mass is 16.5. The molecule has 0 fully saturated rings. The predicted molar refractivity (Wildman–Crippen MR) is 40.7 cm³/mol. The summed E-state index contributed by atoms with van der Waals surface area (Å²) in [7, 11) is 5.43. The molecule has 9 heavy (non-hydrogen) atoms. The minimum Gasteiger partial charge on any atom is -0.382 e. The van der Waals surface area contributed by atoms with Crippen molar-refractivity contribution in [2.75, 3.05) is 0 Å². The van der Waals surface area contributed by atoms with E-state index in [9.17, 15) is 0 Å². The first-order chi connectivity index (χ1) is 3.98. The van der Waals surface area contributed by atoms with E-state index < -0.39 is 0 Å². The van der Waals surface area contributed by atoms with Gasteiger partial charge in [-0.25, -0.2) is 0 Å². The van der Waals surface area contributed by atoms with Crippen molar-refractivity contribution in [2.24, 2.45) is 0 Å². The van der Waals surface area contributed by atoms with Crippen LogP contribution in [0.2, 0.25) is 0 Å². The van der Waals surface area contributed by atoms with Crippen LogP contribution in [-0.4, -0.2) is 19.5 Å². The molecule has 0 bridgehead atoms. The van der Waals surface area contributed by atoms with Crippen molar-refractivity contribution in [3.63, 3.8) is 0 Å². The Morgan fingerprint density at radius 2 is 2.00 bits per heavy atom. The molecule has 0 saturated heterocycles. The summed E-state index contributed by atoms with van der Waals surface area (Å²) in [5.41, 5.74) is -0.0613. The van der Waals surface area contributed by atoms with Crippen molar-refractivity contribution in [1.82, 2.24) is 0 Å². The third-order valence-corrected chi connectivity index (χ3v) is 1.36. The Morgan fingerprint density at radius 3 is 2.11 bits per heavy atom. The third-order valence-electron chi connectivity index (χ3n) is 1.36. The Hall–Kier alpha value is 0.0249. The van der Waals surface area contributed by atoms with Crippen LogP contribution < -0.4 is 0 Å². The quantitative estimate of drug-likeness (QED) is 0.523. The van der Waals surface area contributed by atoms with E-state index in [-0.39, 0.29) is 11.6 Å². The molecule has 0 aliphatic carbocycles. The highest BCUT2D eigenvalue weighted by Crippen LogP contribution is 2.14. The molecule has 2 radical (unpaired) electrons. The Labute approximate surface area is 59.2 Å². The van der Waals surface area contributed by atoms with E-state index in [0.29, 0.717) is 0 Å². The number of hydrogen-bond acceptors (Lipinski definition) is 1. The van der Waals surface area contributed by atoms with Crippen LogP contribution in [-0.2, 0) is 4.74 Å². The first-order valence-electron chi connectivity index (χ1n) is 3.41. The van der Waals surface area contributed by atoms with Crippen LogP contribution in [0.5, 0.6) is 0 Å². The van der Waals surface area contributed by atoms with Crippen LogP contribution in [0.15, 0.2) is 0 Å². The second-order valence-electron chi connectivity index (χ2n) is 2.94. The molecule has 0 aromatic heterocycles. The summed E-state index contributed by atoms with van der Waals surface area (Å²) in [5, 5.41) is 0. The van der Waals surface area contributed by atoms with Crippen molar-refractivity contribution in [1.29, 1.82) is 0 Å². The van der Waals surface area contributed by atoms with E-state index in [1.54, 1.807) is 0 Å². The van der Waals surface area contributed by atoms with Gasteiger partial charge in [0.15, 0.2) is 0 Å². The normalized spacial score (nSPS) is 15.6. The molecule has 0 aromatic carbocycles. The van der Waals surface area contributed by atoms with Gasteiger partial charge < -0.3 is 4.74 Å². The largest absolute Gasteiger partial charge is 0.382 e. The number of hydrogen-bond donors (Lipinski definition) is 0. The molecule has 0 heterocycles. The highest BCUT2D eigenvalue weighted by molar-refractivity contribution is 6.10. The molecule has 0 aliphatic rings. The van der Waals surface area contributed by atoms with Crippen LogP contribution in [0, 0.1) is 0 Å². The molecule has 0 N–H and O–H groups in total. The van der Waals surface area contributed by atoms with Crippen LogP contribution in [0.3, 0.4) is 0 Å². The summed E-state index contributed by atoms with van der Waals surface area (Å²) in [6, 6.07) is -0.153. The van der Waals surface area contributed by atoms with Crippen LogP contribution in [0.4, 0.5) is 0 Å². The monoisotopic (exact) mass is 126 g/mol. The van der Waals surface area contributed by atoms with Crippen LogP contribution in [0.1, 0.15) is 34.1 Å². The standard InChI is InChI=1S/C7H15BO/c1-5-7(3,4)9-6(2)8/h6H,5H2,1-4H3. The molecular formula is C7H15BO. The van der Waals surface area contributed by atoms with Gasteiger partial charge in [-0.15, -0.1) is 0 Å². The lowest BCUT2D eigenvalue weighted by molar-refractivity contribution is -0.0318. The smallest absolute Gasteiger partial charge is 0.108 e. The SMILES string of the molecule is [B]C(C)OC(C)(C)CC. The van der Waals surface area contributed by atoms with Crippen LogP contribution >= 0.6 is 0 Å². The third kappa shape index (κ3) is 4.52. The van der Waals surface area contributed by atoms with Gasteiger partial charge in [0.25, 0.3) is 0 Å². The molecule has 0 aliphatic heterocycles.